The Bertz CT molecular complexity index is 665. The van der Waals surface area contributed by atoms with Crippen molar-refractivity contribution in [2.45, 2.75) is 0 Å². The highest BCUT2D eigenvalue weighted by Gasteiger charge is 2.09. The largest absolute Gasteiger partial charge is 0.483 e. The van der Waals surface area contributed by atoms with Gasteiger partial charge in [-0.3, -0.25) is 9.78 Å². The van der Waals surface area contributed by atoms with Crippen LogP contribution in [0, 0.1) is 0 Å². The van der Waals surface area contributed by atoms with Gasteiger partial charge in [0.2, 0.25) is 0 Å². The third kappa shape index (κ3) is 2.94. The number of pyridine rings is 1. The van der Waals surface area contributed by atoms with Crippen molar-refractivity contribution < 1.29 is 9.53 Å². The summed E-state index contributed by atoms with van der Waals surface area (Å²) in [5, 5.41) is 3.22. The first-order valence-corrected chi connectivity index (χ1v) is 5.92. The SMILES string of the molecule is CNC(=O)COc1ccc(N=C(N)N)c2ncccc12. The van der Waals surface area contributed by atoms with E-state index < -0.39 is 0 Å². The van der Waals surface area contributed by atoms with Gasteiger partial charge in [0.05, 0.1) is 11.2 Å². The normalized spacial score (nSPS) is 10.1. The Morgan fingerprint density at radius 3 is 2.90 bits per heavy atom. The van der Waals surface area contributed by atoms with Gasteiger partial charge < -0.3 is 21.5 Å². The van der Waals surface area contributed by atoms with Gasteiger partial charge in [-0.2, -0.15) is 0 Å². The van der Waals surface area contributed by atoms with Gasteiger partial charge in [0.1, 0.15) is 5.75 Å². The first-order valence-electron chi connectivity index (χ1n) is 5.92. The number of carbonyl (C=O) groups excluding carboxylic acids is 1. The Balaban J connectivity index is 2.43. The maximum absolute atomic E-state index is 11.2. The summed E-state index contributed by atoms with van der Waals surface area (Å²) in [6, 6.07) is 6.99. The number of nitrogens with two attached hydrogens (primary N) is 2. The van der Waals surface area contributed by atoms with E-state index in [0.717, 1.165) is 5.39 Å². The number of benzene rings is 1. The minimum atomic E-state index is -0.213. The van der Waals surface area contributed by atoms with E-state index in [0.29, 0.717) is 17.0 Å². The lowest BCUT2D eigenvalue weighted by Crippen LogP contribution is -2.24. The summed E-state index contributed by atoms with van der Waals surface area (Å²) in [7, 11) is 1.55. The van der Waals surface area contributed by atoms with Gasteiger partial charge >= 0.3 is 0 Å². The highest BCUT2D eigenvalue weighted by molar-refractivity contribution is 5.96. The van der Waals surface area contributed by atoms with Gasteiger partial charge in [-0.25, -0.2) is 4.99 Å². The van der Waals surface area contributed by atoms with E-state index in [-0.39, 0.29) is 18.5 Å². The van der Waals surface area contributed by atoms with Crippen LogP contribution in [0.3, 0.4) is 0 Å². The minimum Gasteiger partial charge on any atom is -0.483 e. The first kappa shape index (κ1) is 13.6. The van der Waals surface area contributed by atoms with Gasteiger partial charge in [0.15, 0.2) is 12.6 Å². The van der Waals surface area contributed by atoms with E-state index in [1.165, 1.54) is 0 Å². The molecule has 7 heteroatoms. The summed E-state index contributed by atoms with van der Waals surface area (Å²) in [6.07, 6.45) is 1.64. The molecule has 0 fully saturated rings. The van der Waals surface area contributed by atoms with Crippen molar-refractivity contribution in [1.29, 1.82) is 0 Å². The summed E-state index contributed by atoms with van der Waals surface area (Å²) in [4.78, 5) is 19.5. The molecule has 0 atom stereocenters. The third-order valence-electron chi connectivity index (χ3n) is 2.60. The smallest absolute Gasteiger partial charge is 0.257 e. The Kier molecular flexibility index (Phi) is 3.99. The number of guanidine groups is 1. The third-order valence-corrected chi connectivity index (χ3v) is 2.60. The number of ether oxygens (including phenoxy) is 1. The molecule has 2 rings (SSSR count). The number of nitrogens with one attached hydrogen (secondary N) is 1. The van der Waals surface area contributed by atoms with Crippen molar-refractivity contribution >= 4 is 28.5 Å². The second-order valence-electron chi connectivity index (χ2n) is 3.98. The summed E-state index contributed by atoms with van der Waals surface area (Å²) >= 11 is 0. The Hall–Kier alpha value is -2.83. The molecule has 0 saturated carbocycles. The second-order valence-corrected chi connectivity index (χ2v) is 3.98. The molecule has 0 spiro atoms. The van der Waals surface area contributed by atoms with E-state index in [4.69, 9.17) is 16.2 Å². The lowest BCUT2D eigenvalue weighted by Gasteiger charge is -2.09. The van der Waals surface area contributed by atoms with Gasteiger partial charge in [0.25, 0.3) is 5.91 Å². The van der Waals surface area contributed by atoms with Crippen LogP contribution in [0.1, 0.15) is 0 Å². The molecule has 0 saturated heterocycles. The number of fused-ring (bicyclic) bond motifs is 1. The molecule has 0 aliphatic heterocycles. The van der Waals surface area contributed by atoms with E-state index in [1.54, 1.807) is 31.4 Å². The monoisotopic (exact) mass is 273 g/mol. The number of nitrogens with zero attached hydrogens (tertiary/aromatic N) is 2. The number of rotatable bonds is 4. The Labute approximate surface area is 115 Å². The number of aromatic nitrogens is 1. The molecule has 1 heterocycles. The first-order chi connectivity index (χ1) is 9.61. The Morgan fingerprint density at radius 1 is 1.40 bits per heavy atom. The summed E-state index contributed by atoms with van der Waals surface area (Å²) in [6.45, 7) is -0.0673. The van der Waals surface area contributed by atoms with Crippen molar-refractivity contribution in [3.8, 4) is 5.75 Å². The van der Waals surface area contributed by atoms with Gasteiger partial charge in [-0.05, 0) is 24.3 Å². The molecule has 1 amide bonds. The number of likely N-dealkylation sites (N-methyl/N-ethyl adjacent to an activating group) is 1. The molecule has 7 nitrogen and oxygen atoms in total. The fourth-order valence-electron chi connectivity index (χ4n) is 1.70. The van der Waals surface area contributed by atoms with E-state index in [1.807, 2.05) is 6.07 Å². The molecule has 2 aromatic rings. The molecule has 0 bridgehead atoms. The topological polar surface area (TPSA) is 116 Å². The summed E-state index contributed by atoms with van der Waals surface area (Å²) in [5.41, 5.74) is 11.9. The number of aliphatic imine (C=N–C) groups is 1. The quantitative estimate of drug-likeness (QED) is 0.546. The van der Waals surface area contributed by atoms with Crippen LogP contribution in [0.15, 0.2) is 35.5 Å². The molecule has 0 aliphatic carbocycles. The van der Waals surface area contributed by atoms with Crippen LogP contribution in [0.4, 0.5) is 5.69 Å². The predicted octanol–water partition coefficient (Wildman–Crippen LogP) is 0.265. The molecular formula is C13H15N5O2. The lowest BCUT2D eigenvalue weighted by molar-refractivity contribution is -0.122. The van der Waals surface area contributed by atoms with Crippen LogP contribution in [0.2, 0.25) is 0 Å². The molecule has 5 N–H and O–H groups in total. The number of carbonyl (C=O) groups is 1. The van der Waals surface area contributed by atoms with E-state index >= 15 is 0 Å². The van der Waals surface area contributed by atoms with Gasteiger partial charge in [-0.15, -0.1) is 0 Å². The standard InChI is InChI=1S/C13H15N5O2/c1-16-11(19)7-20-10-5-4-9(18-13(14)15)12-8(10)3-2-6-17-12/h2-6H,7H2,1H3,(H,16,19)(H4,14,15,18). The molecule has 20 heavy (non-hydrogen) atoms. The second kappa shape index (κ2) is 5.87. The minimum absolute atomic E-state index is 0.0454. The van der Waals surface area contributed by atoms with Crippen LogP contribution >= 0.6 is 0 Å². The molecule has 0 aliphatic rings. The van der Waals surface area contributed by atoms with Crippen molar-refractivity contribution in [2.75, 3.05) is 13.7 Å². The maximum Gasteiger partial charge on any atom is 0.257 e. The van der Waals surface area contributed by atoms with Crippen LogP contribution in [-0.2, 0) is 4.79 Å². The fraction of sp³-hybridized carbons (Fsp3) is 0.154. The van der Waals surface area contributed by atoms with Crippen molar-refractivity contribution in [2.24, 2.45) is 16.5 Å². The molecule has 1 aromatic carbocycles. The van der Waals surface area contributed by atoms with Gasteiger partial charge in [0, 0.05) is 18.6 Å². The number of hydrogen-bond donors (Lipinski definition) is 3. The summed E-state index contributed by atoms with van der Waals surface area (Å²) in [5.74, 6) is 0.289. The van der Waals surface area contributed by atoms with Crippen LogP contribution < -0.4 is 21.5 Å². The van der Waals surface area contributed by atoms with Crippen LogP contribution in [-0.4, -0.2) is 30.5 Å². The molecule has 1 aromatic heterocycles. The molecule has 0 radical (unpaired) electrons. The fourth-order valence-corrected chi connectivity index (χ4v) is 1.70. The lowest BCUT2D eigenvalue weighted by atomic mass is 10.1. The zero-order valence-corrected chi connectivity index (χ0v) is 11.0. The maximum atomic E-state index is 11.2. The highest BCUT2D eigenvalue weighted by atomic mass is 16.5. The molecular weight excluding hydrogens is 258 g/mol. The van der Waals surface area contributed by atoms with Gasteiger partial charge in [-0.1, -0.05) is 0 Å². The van der Waals surface area contributed by atoms with Crippen LogP contribution in [0.25, 0.3) is 10.9 Å². The van der Waals surface area contributed by atoms with Crippen molar-refractivity contribution in [1.82, 2.24) is 10.3 Å². The Morgan fingerprint density at radius 2 is 2.20 bits per heavy atom. The van der Waals surface area contributed by atoms with Crippen molar-refractivity contribution in [3.63, 3.8) is 0 Å². The number of amides is 1. The highest BCUT2D eigenvalue weighted by Crippen LogP contribution is 2.31. The van der Waals surface area contributed by atoms with Crippen LogP contribution in [0.5, 0.6) is 5.75 Å². The summed E-state index contributed by atoms with van der Waals surface area (Å²) < 4.78 is 5.47. The zero-order chi connectivity index (χ0) is 14.5. The number of hydrogen-bond acceptors (Lipinski definition) is 4. The predicted molar refractivity (Wildman–Crippen MR) is 76.8 cm³/mol. The zero-order valence-electron chi connectivity index (χ0n) is 11.0. The molecule has 104 valence electrons. The average molecular weight is 273 g/mol. The average Bonchev–Trinajstić information content (AvgIpc) is 2.45. The van der Waals surface area contributed by atoms with E-state index in [9.17, 15) is 4.79 Å². The van der Waals surface area contributed by atoms with E-state index in [2.05, 4.69) is 15.3 Å². The molecule has 0 unspecified atom stereocenters. The van der Waals surface area contributed by atoms with Crippen molar-refractivity contribution in [3.05, 3.63) is 30.5 Å².